The van der Waals surface area contributed by atoms with Crippen LogP contribution >= 0.6 is 23.4 Å². The molecule has 0 saturated carbocycles. The highest BCUT2D eigenvalue weighted by molar-refractivity contribution is 7.99. The fourth-order valence-electron chi connectivity index (χ4n) is 1.70. The number of rotatable bonds is 6. The van der Waals surface area contributed by atoms with E-state index in [9.17, 15) is 0 Å². The molecule has 102 valence electrons. The van der Waals surface area contributed by atoms with E-state index >= 15 is 0 Å². The summed E-state index contributed by atoms with van der Waals surface area (Å²) in [5.74, 6) is 2.54. The molecule has 0 saturated heterocycles. The molecule has 0 spiro atoms. The molecular formula is C13H17ClN4S. The van der Waals surface area contributed by atoms with Gasteiger partial charge in [-0.3, -0.25) is 0 Å². The van der Waals surface area contributed by atoms with Crippen LogP contribution in [-0.4, -0.2) is 33.4 Å². The lowest BCUT2D eigenvalue weighted by Crippen LogP contribution is -1.96. The number of nitrogens with one attached hydrogen (secondary N) is 1. The van der Waals surface area contributed by atoms with E-state index in [2.05, 4.69) is 15.5 Å². The Morgan fingerprint density at radius 3 is 2.63 bits per heavy atom. The fraction of sp³-hybridized carbons (Fsp3) is 0.385. The first-order valence-corrected chi connectivity index (χ1v) is 7.64. The summed E-state index contributed by atoms with van der Waals surface area (Å²) < 4.78 is 2.02. The largest absolute Gasteiger partial charge is 0.388 e. The van der Waals surface area contributed by atoms with Crippen LogP contribution in [0, 0.1) is 0 Å². The van der Waals surface area contributed by atoms with Gasteiger partial charge in [0.1, 0.15) is 0 Å². The minimum atomic E-state index is 0.684. The summed E-state index contributed by atoms with van der Waals surface area (Å²) in [7, 11) is 3.90. The molecule has 0 bridgehead atoms. The highest BCUT2D eigenvalue weighted by Gasteiger charge is 2.10. The van der Waals surface area contributed by atoms with Crippen molar-refractivity contribution in [3.8, 4) is 11.4 Å². The van der Waals surface area contributed by atoms with Crippen LogP contribution in [0.4, 0.5) is 5.69 Å². The summed E-state index contributed by atoms with van der Waals surface area (Å²) in [6, 6.07) is 8.15. The Bertz CT molecular complexity index is 524. The number of hydrogen-bond acceptors (Lipinski definition) is 4. The Balaban J connectivity index is 2.15. The third kappa shape index (κ3) is 3.42. The van der Waals surface area contributed by atoms with Gasteiger partial charge in [0.2, 0.25) is 0 Å². The topological polar surface area (TPSA) is 42.7 Å². The predicted octanol–water partition coefficient (Wildman–Crippen LogP) is 3.24. The van der Waals surface area contributed by atoms with Gasteiger partial charge in [-0.25, -0.2) is 0 Å². The van der Waals surface area contributed by atoms with E-state index in [0.29, 0.717) is 5.88 Å². The average Bonchev–Trinajstić information content (AvgIpc) is 2.81. The number of alkyl halides is 1. The zero-order valence-electron chi connectivity index (χ0n) is 11.1. The second-order valence-corrected chi connectivity index (χ2v) is 5.52. The summed E-state index contributed by atoms with van der Waals surface area (Å²) in [4.78, 5) is 0. The van der Waals surface area contributed by atoms with Gasteiger partial charge in [-0.1, -0.05) is 11.8 Å². The maximum atomic E-state index is 5.68. The van der Waals surface area contributed by atoms with E-state index in [0.717, 1.165) is 34.4 Å². The second-order valence-electron chi connectivity index (χ2n) is 4.08. The van der Waals surface area contributed by atoms with Crippen LogP contribution in [0.1, 0.15) is 6.42 Å². The summed E-state index contributed by atoms with van der Waals surface area (Å²) >= 11 is 7.36. The first-order chi connectivity index (χ1) is 9.26. The Morgan fingerprint density at radius 2 is 2.00 bits per heavy atom. The van der Waals surface area contributed by atoms with Crippen LogP contribution in [0.15, 0.2) is 29.4 Å². The third-order valence-corrected chi connectivity index (χ3v) is 4.15. The van der Waals surface area contributed by atoms with Gasteiger partial charge in [0.05, 0.1) is 0 Å². The number of nitrogens with zero attached hydrogens (tertiary/aromatic N) is 3. The minimum absolute atomic E-state index is 0.684. The molecule has 0 fully saturated rings. The molecular weight excluding hydrogens is 280 g/mol. The van der Waals surface area contributed by atoms with Crippen LogP contribution in [0.25, 0.3) is 11.4 Å². The number of benzene rings is 1. The maximum absolute atomic E-state index is 5.68. The van der Waals surface area contributed by atoms with Crippen LogP contribution in [0.2, 0.25) is 0 Å². The van der Waals surface area contributed by atoms with Crippen LogP contribution in [-0.2, 0) is 7.05 Å². The molecule has 1 N–H and O–H groups in total. The molecule has 0 radical (unpaired) electrons. The lowest BCUT2D eigenvalue weighted by atomic mass is 10.2. The van der Waals surface area contributed by atoms with Gasteiger partial charge in [0.15, 0.2) is 11.0 Å². The highest BCUT2D eigenvalue weighted by atomic mass is 35.5. The van der Waals surface area contributed by atoms with Crippen molar-refractivity contribution in [3.05, 3.63) is 24.3 Å². The summed E-state index contributed by atoms with van der Waals surface area (Å²) in [5.41, 5.74) is 2.15. The van der Waals surface area contributed by atoms with Crippen molar-refractivity contribution < 1.29 is 0 Å². The van der Waals surface area contributed by atoms with Gasteiger partial charge in [-0.2, -0.15) is 0 Å². The van der Waals surface area contributed by atoms with Gasteiger partial charge in [0.25, 0.3) is 0 Å². The molecule has 0 amide bonds. The molecule has 0 aliphatic rings. The Morgan fingerprint density at radius 1 is 1.26 bits per heavy atom. The molecule has 0 aliphatic heterocycles. The second kappa shape index (κ2) is 6.82. The first-order valence-electron chi connectivity index (χ1n) is 6.12. The van der Waals surface area contributed by atoms with E-state index < -0.39 is 0 Å². The maximum Gasteiger partial charge on any atom is 0.191 e. The van der Waals surface area contributed by atoms with Crippen molar-refractivity contribution in [2.75, 3.05) is 24.0 Å². The molecule has 6 heteroatoms. The van der Waals surface area contributed by atoms with Crippen molar-refractivity contribution >= 4 is 29.1 Å². The van der Waals surface area contributed by atoms with E-state index in [1.54, 1.807) is 11.8 Å². The SMILES string of the molecule is CNc1ccc(-c2nnc(SCCCCl)n2C)cc1. The quantitative estimate of drug-likeness (QED) is 0.505. The van der Waals surface area contributed by atoms with Crippen LogP contribution < -0.4 is 5.32 Å². The summed E-state index contributed by atoms with van der Waals surface area (Å²) in [6.45, 7) is 0. The van der Waals surface area contributed by atoms with Gasteiger partial charge >= 0.3 is 0 Å². The molecule has 2 aromatic rings. The molecule has 1 aromatic carbocycles. The van der Waals surface area contributed by atoms with Gasteiger partial charge in [-0.05, 0) is 30.7 Å². The molecule has 19 heavy (non-hydrogen) atoms. The molecule has 4 nitrogen and oxygen atoms in total. The number of aromatic nitrogens is 3. The summed E-state index contributed by atoms with van der Waals surface area (Å²) in [5, 5.41) is 12.5. The first kappa shape index (κ1) is 14.2. The lowest BCUT2D eigenvalue weighted by Gasteiger charge is -2.05. The molecule has 1 heterocycles. The van der Waals surface area contributed by atoms with E-state index in [-0.39, 0.29) is 0 Å². The standard InChI is InChI=1S/C13H17ClN4S/c1-15-11-6-4-10(5-7-11)12-16-17-13(18(12)2)19-9-3-8-14/h4-7,15H,3,8-9H2,1-2H3. The number of hydrogen-bond donors (Lipinski definition) is 1. The molecule has 0 unspecified atom stereocenters. The van der Waals surface area contributed by atoms with E-state index in [1.165, 1.54) is 0 Å². The zero-order valence-corrected chi connectivity index (χ0v) is 12.6. The molecule has 2 rings (SSSR count). The molecule has 0 aliphatic carbocycles. The van der Waals surface area contributed by atoms with Gasteiger partial charge in [-0.15, -0.1) is 21.8 Å². The average molecular weight is 297 g/mol. The third-order valence-electron chi connectivity index (χ3n) is 2.78. The van der Waals surface area contributed by atoms with Gasteiger partial charge < -0.3 is 9.88 Å². The van der Waals surface area contributed by atoms with E-state index in [4.69, 9.17) is 11.6 Å². The van der Waals surface area contributed by atoms with Crippen molar-refractivity contribution in [1.82, 2.24) is 14.8 Å². The highest BCUT2D eigenvalue weighted by Crippen LogP contribution is 2.24. The number of halogens is 1. The Kier molecular flexibility index (Phi) is 5.10. The lowest BCUT2D eigenvalue weighted by molar-refractivity contribution is 0.793. The summed E-state index contributed by atoms with van der Waals surface area (Å²) in [6.07, 6.45) is 0.977. The fourth-order valence-corrected chi connectivity index (χ4v) is 2.84. The normalized spacial score (nSPS) is 10.7. The van der Waals surface area contributed by atoms with Crippen molar-refractivity contribution in [2.45, 2.75) is 11.6 Å². The van der Waals surface area contributed by atoms with Crippen LogP contribution in [0.3, 0.4) is 0 Å². The van der Waals surface area contributed by atoms with E-state index in [1.807, 2.05) is 42.9 Å². The Labute approximate surface area is 122 Å². The minimum Gasteiger partial charge on any atom is -0.388 e. The Hall–Kier alpha value is -1.20. The monoisotopic (exact) mass is 296 g/mol. The van der Waals surface area contributed by atoms with Crippen molar-refractivity contribution in [3.63, 3.8) is 0 Å². The van der Waals surface area contributed by atoms with Crippen molar-refractivity contribution in [1.29, 1.82) is 0 Å². The van der Waals surface area contributed by atoms with Crippen molar-refractivity contribution in [2.24, 2.45) is 7.05 Å². The predicted molar refractivity (Wildman–Crippen MR) is 82.0 cm³/mol. The smallest absolute Gasteiger partial charge is 0.191 e. The molecule has 0 atom stereocenters. The number of thioether (sulfide) groups is 1. The molecule has 1 aromatic heterocycles. The number of anilines is 1. The zero-order chi connectivity index (χ0) is 13.7. The van der Waals surface area contributed by atoms with Gasteiger partial charge in [0, 0.05) is 37.0 Å². The van der Waals surface area contributed by atoms with Crippen LogP contribution in [0.5, 0.6) is 0 Å².